The standard InChI is InChI=1S/C8H15F3N2O/c1-14-7(8(9,10)11)2-4-13(6-7)5-3-12/h2-6,12H2,1H3/t7-/m0/s1. The SMILES string of the molecule is CO[C@@]1(C(F)(F)F)CCN(CCN)C1. The van der Waals surface area contributed by atoms with Crippen molar-refractivity contribution < 1.29 is 17.9 Å². The molecule has 0 spiro atoms. The molecule has 1 atom stereocenters. The molecular weight excluding hydrogens is 197 g/mol. The molecule has 1 aliphatic rings. The summed E-state index contributed by atoms with van der Waals surface area (Å²) in [6.07, 6.45) is -4.31. The van der Waals surface area contributed by atoms with Crippen LogP contribution < -0.4 is 5.73 Å². The molecule has 0 amide bonds. The second kappa shape index (κ2) is 4.04. The Morgan fingerprint density at radius 2 is 2.14 bits per heavy atom. The third-order valence-corrected chi connectivity index (χ3v) is 2.66. The number of nitrogens with zero attached hydrogens (tertiary/aromatic N) is 1. The van der Waals surface area contributed by atoms with Gasteiger partial charge in [-0.25, -0.2) is 0 Å². The maximum Gasteiger partial charge on any atom is 0.418 e. The number of likely N-dealkylation sites (tertiary alicyclic amines) is 1. The summed E-state index contributed by atoms with van der Waals surface area (Å²) in [5.41, 5.74) is 3.30. The molecule has 0 saturated carbocycles. The van der Waals surface area contributed by atoms with Crippen LogP contribution in [0.3, 0.4) is 0 Å². The number of ether oxygens (including phenoxy) is 1. The van der Waals surface area contributed by atoms with Crippen molar-refractivity contribution >= 4 is 0 Å². The highest BCUT2D eigenvalue weighted by molar-refractivity contribution is 4.97. The van der Waals surface area contributed by atoms with E-state index in [9.17, 15) is 13.2 Å². The van der Waals surface area contributed by atoms with E-state index >= 15 is 0 Å². The Labute approximate surface area is 81.0 Å². The highest BCUT2D eigenvalue weighted by Crippen LogP contribution is 2.40. The van der Waals surface area contributed by atoms with Crippen molar-refractivity contribution in [3.05, 3.63) is 0 Å². The molecule has 1 fully saturated rings. The highest BCUT2D eigenvalue weighted by atomic mass is 19.4. The molecule has 0 aromatic heterocycles. The van der Waals surface area contributed by atoms with Crippen molar-refractivity contribution in [2.45, 2.75) is 18.2 Å². The highest BCUT2D eigenvalue weighted by Gasteiger charge is 2.58. The molecule has 1 aliphatic heterocycles. The third kappa shape index (κ3) is 2.02. The summed E-state index contributed by atoms with van der Waals surface area (Å²) < 4.78 is 42.6. The van der Waals surface area contributed by atoms with Crippen molar-refractivity contribution in [3.63, 3.8) is 0 Å². The quantitative estimate of drug-likeness (QED) is 0.744. The number of nitrogens with two attached hydrogens (primary N) is 1. The van der Waals surface area contributed by atoms with Crippen LogP contribution in [0.25, 0.3) is 0 Å². The van der Waals surface area contributed by atoms with E-state index in [0.29, 0.717) is 19.6 Å². The van der Waals surface area contributed by atoms with Crippen LogP contribution in [-0.2, 0) is 4.74 Å². The smallest absolute Gasteiger partial charge is 0.367 e. The van der Waals surface area contributed by atoms with Crippen LogP contribution >= 0.6 is 0 Å². The monoisotopic (exact) mass is 212 g/mol. The van der Waals surface area contributed by atoms with E-state index in [1.165, 1.54) is 0 Å². The van der Waals surface area contributed by atoms with Crippen molar-refractivity contribution in [1.82, 2.24) is 4.90 Å². The molecule has 1 rings (SSSR count). The van der Waals surface area contributed by atoms with Crippen molar-refractivity contribution in [2.75, 3.05) is 33.3 Å². The lowest BCUT2D eigenvalue weighted by molar-refractivity contribution is -0.263. The van der Waals surface area contributed by atoms with Crippen LogP contribution in [0.1, 0.15) is 6.42 Å². The van der Waals surface area contributed by atoms with Gasteiger partial charge in [-0.1, -0.05) is 0 Å². The Morgan fingerprint density at radius 1 is 1.50 bits per heavy atom. The van der Waals surface area contributed by atoms with Gasteiger partial charge in [-0.3, -0.25) is 4.90 Å². The summed E-state index contributed by atoms with van der Waals surface area (Å²) in [6, 6.07) is 0. The zero-order valence-electron chi connectivity index (χ0n) is 8.10. The Bertz CT molecular complexity index is 198. The van der Waals surface area contributed by atoms with Crippen molar-refractivity contribution in [2.24, 2.45) is 5.73 Å². The molecule has 0 bridgehead atoms. The fraction of sp³-hybridized carbons (Fsp3) is 1.00. The lowest BCUT2D eigenvalue weighted by Crippen LogP contribution is -2.49. The van der Waals surface area contributed by atoms with Gasteiger partial charge >= 0.3 is 6.18 Å². The average Bonchev–Trinajstić information content (AvgIpc) is 2.49. The summed E-state index contributed by atoms with van der Waals surface area (Å²) >= 11 is 0. The first kappa shape index (κ1) is 11.7. The minimum atomic E-state index is -4.30. The largest absolute Gasteiger partial charge is 0.418 e. The molecule has 0 unspecified atom stereocenters. The average molecular weight is 212 g/mol. The van der Waals surface area contributed by atoms with E-state index in [1.54, 1.807) is 4.90 Å². The van der Waals surface area contributed by atoms with E-state index in [2.05, 4.69) is 4.74 Å². The van der Waals surface area contributed by atoms with Crippen molar-refractivity contribution in [1.29, 1.82) is 0 Å². The molecule has 6 heteroatoms. The number of halogens is 3. The van der Waals surface area contributed by atoms with E-state index in [0.717, 1.165) is 7.11 Å². The topological polar surface area (TPSA) is 38.5 Å². The number of alkyl halides is 3. The van der Waals surface area contributed by atoms with Gasteiger partial charge in [-0.15, -0.1) is 0 Å². The Balaban J connectivity index is 2.66. The Hall–Kier alpha value is -0.330. The third-order valence-electron chi connectivity index (χ3n) is 2.66. The summed E-state index contributed by atoms with van der Waals surface area (Å²) in [6.45, 7) is 1.15. The van der Waals surface area contributed by atoms with Crippen LogP contribution in [0.2, 0.25) is 0 Å². The first-order valence-corrected chi connectivity index (χ1v) is 4.49. The molecule has 0 aromatic carbocycles. The molecule has 0 aromatic rings. The lowest BCUT2D eigenvalue weighted by Gasteiger charge is -2.30. The maximum atomic E-state index is 12.6. The first-order chi connectivity index (χ1) is 6.45. The van der Waals surface area contributed by atoms with Gasteiger partial charge in [0.25, 0.3) is 0 Å². The van der Waals surface area contributed by atoms with Gasteiger partial charge in [0.1, 0.15) is 0 Å². The molecular formula is C8H15F3N2O. The minimum absolute atomic E-state index is 0.00694. The predicted octanol–water partition coefficient (Wildman–Crippen LogP) is 0.598. The second-order valence-corrected chi connectivity index (χ2v) is 3.51. The van der Waals surface area contributed by atoms with E-state index < -0.39 is 11.8 Å². The summed E-state index contributed by atoms with van der Waals surface area (Å²) in [4.78, 5) is 1.68. The van der Waals surface area contributed by atoms with Gasteiger partial charge in [0, 0.05) is 33.3 Å². The zero-order chi connectivity index (χ0) is 10.8. The molecule has 3 nitrogen and oxygen atoms in total. The molecule has 1 saturated heterocycles. The van der Waals surface area contributed by atoms with Crippen LogP contribution in [0, 0.1) is 0 Å². The Kier molecular flexibility index (Phi) is 3.39. The fourth-order valence-electron chi connectivity index (χ4n) is 1.75. The number of hydrogen-bond donors (Lipinski definition) is 1. The molecule has 2 N–H and O–H groups in total. The van der Waals surface area contributed by atoms with Gasteiger partial charge in [0.15, 0.2) is 5.60 Å². The molecule has 0 radical (unpaired) electrons. The number of rotatable bonds is 3. The van der Waals surface area contributed by atoms with Gasteiger partial charge in [-0.05, 0) is 6.42 Å². The van der Waals surface area contributed by atoms with Crippen LogP contribution in [0.5, 0.6) is 0 Å². The second-order valence-electron chi connectivity index (χ2n) is 3.51. The van der Waals surface area contributed by atoms with Gasteiger partial charge < -0.3 is 10.5 Å². The fourth-order valence-corrected chi connectivity index (χ4v) is 1.75. The molecule has 14 heavy (non-hydrogen) atoms. The van der Waals surface area contributed by atoms with Crippen LogP contribution in [0.4, 0.5) is 13.2 Å². The summed E-state index contributed by atoms with van der Waals surface area (Å²) in [5.74, 6) is 0. The number of hydrogen-bond acceptors (Lipinski definition) is 3. The minimum Gasteiger partial charge on any atom is -0.367 e. The normalized spacial score (nSPS) is 29.8. The molecule has 1 heterocycles. The zero-order valence-corrected chi connectivity index (χ0v) is 8.10. The summed E-state index contributed by atoms with van der Waals surface area (Å²) in [7, 11) is 1.11. The van der Waals surface area contributed by atoms with E-state index in [-0.39, 0.29) is 13.0 Å². The van der Waals surface area contributed by atoms with Crippen molar-refractivity contribution in [3.8, 4) is 0 Å². The first-order valence-electron chi connectivity index (χ1n) is 4.49. The Morgan fingerprint density at radius 3 is 2.50 bits per heavy atom. The predicted molar refractivity (Wildman–Crippen MR) is 45.9 cm³/mol. The van der Waals surface area contributed by atoms with Gasteiger partial charge in [0.2, 0.25) is 0 Å². The van der Waals surface area contributed by atoms with E-state index in [1.807, 2.05) is 0 Å². The summed E-state index contributed by atoms with van der Waals surface area (Å²) in [5, 5.41) is 0. The number of methoxy groups -OCH3 is 1. The van der Waals surface area contributed by atoms with E-state index in [4.69, 9.17) is 5.73 Å². The van der Waals surface area contributed by atoms with Gasteiger partial charge in [-0.2, -0.15) is 13.2 Å². The molecule has 0 aliphatic carbocycles. The van der Waals surface area contributed by atoms with Gasteiger partial charge in [0.05, 0.1) is 0 Å². The van der Waals surface area contributed by atoms with Crippen LogP contribution in [-0.4, -0.2) is 50.0 Å². The van der Waals surface area contributed by atoms with Crippen LogP contribution in [0.15, 0.2) is 0 Å². The lowest BCUT2D eigenvalue weighted by atomic mass is 10.0. The maximum absolute atomic E-state index is 12.6. The molecule has 84 valence electrons.